The van der Waals surface area contributed by atoms with Gasteiger partial charge in [0.05, 0.1) is 0 Å². The molecule has 23 heavy (non-hydrogen) atoms. The molecule has 140 valence electrons. The predicted octanol–water partition coefficient (Wildman–Crippen LogP) is -1.51. The van der Waals surface area contributed by atoms with E-state index in [0.29, 0.717) is 0 Å². The highest BCUT2D eigenvalue weighted by Crippen LogP contribution is 1.93. The average Bonchev–Trinajstić information content (AvgIpc) is 2.57. The van der Waals surface area contributed by atoms with Gasteiger partial charge >= 0.3 is 0 Å². The molecular weight excluding hydrogens is 290 g/mol. The Labute approximate surface area is 143 Å². The first-order chi connectivity index (χ1) is 11.3. The number of hydrogen-bond acceptors (Lipinski definition) is 7. The van der Waals surface area contributed by atoms with Crippen LogP contribution in [0.1, 0.15) is 25.7 Å². The van der Waals surface area contributed by atoms with E-state index in [9.17, 15) is 0 Å². The molecule has 0 heterocycles. The third-order valence-corrected chi connectivity index (χ3v) is 3.71. The summed E-state index contributed by atoms with van der Waals surface area (Å²) in [6, 6.07) is 0. The number of rotatable bonds is 19. The fourth-order valence-corrected chi connectivity index (χ4v) is 2.32. The predicted molar refractivity (Wildman–Crippen MR) is 101 cm³/mol. The van der Waals surface area contributed by atoms with Gasteiger partial charge in [-0.15, -0.1) is 0 Å². The van der Waals surface area contributed by atoms with Crippen LogP contribution in [0.25, 0.3) is 0 Å². The molecule has 0 saturated carbocycles. The van der Waals surface area contributed by atoms with Crippen molar-refractivity contribution in [2.75, 3.05) is 78.5 Å². The fraction of sp³-hybridized carbons (Fsp3) is 1.00. The Morgan fingerprint density at radius 2 is 0.957 bits per heavy atom. The molecule has 0 rings (SSSR count). The Hall–Kier alpha value is -0.280. The molecule has 0 aromatic heterocycles. The highest BCUT2D eigenvalue weighted by Gasteiger charge is 2.03. The lowest BCUT2D eigenvalue weighted by molar-refractivity contribution is 0.267. The van der Waals surface area contributed by atoms with Crippen molar-refractivity contribution in [3.05, 3.63) is 0 Å². The minimum atomic E-state index is 0.762. The zero-order valence-electron chi connectivity index (χ0n) is 15.0. The third-order valence-electron chi connectivity index (χ3n) is 3.71. The van der Waals surface area contributed by atoms with Crippen LogP contribution >= 0.6 is 0 Å². The van der Waals surface area contributed by atoms with Crippen LogP contribution < -0.4 is 33.2 Å². The second-order valence-electron chi connectivity index (χ2n) is 5.87. The van der Waals surface area contributed by atoms with Gasteiger partial charge in [0.2, 0.25) is 0 Å². The van der Waals surface area contributed by atoms with Crippen LogP contribution in [0.4, 0.5) is 0 Å². The molecule has 0 saturated heterocycles. The van der Waals surface area contributed by atoms with E-state index in [1.165, 1.54) is 6.42 Å². The smallest absolute Gasteiger partial charge is 0.0107 e. The minimum Gasteiger partial charge on any atom is -0.330 e. The van der Waals surface area contributed by atoms with Gasteiger partial charge in [-0.05, 0) is 78.0 Å². The van der Waals surface area contributed by atoms with Crippen molar-refractivity contribution in [1.82, 2.24) is 20.9 Å². The maximum absolute atomic E-state index is 5.64. The topological polar surface area (TPSA) is 117 Å². The third kappa shape index (κ3) is 17.9. The monoisotopic (exact) mass is 331 g/mol. The summed E-state index contributed by atoms with van der Waals surface area (Å²) >= 11 is 0. The van der Waals surface area contributed by atoms with Crippen molar-refractivity contribution in [1.29, 1.82) is 0 Å². The highest BCUT2D eigenvalue weighted by molar-refractivity contribution is 4.63. The molecule has 0 spiro atoms. The van der Waals surface area contributed by atoms with Crippen LogP contribution in [0.2, 0.25) is 0 Å². The Kier molecular flexibility index (Phi) is 19.5. The molecule has 0 fully saturated rings. The van der Waals surface area contributed by atoms with Crippen LogP contribution in [-0.4, -0.2) is 83.4 Å². The van der Waals surface area contributed by atoms with Gasteiger partial charge in [0.25, 0.3) is 0 Å². The molecule has 0 radical (unpaired) electrons. The van der Waals surface area contributed by atoms with Crippen molar-refractivity contribution in [3.8, 4) is 0 Å². The van der Waals surface area contributed by atoms with Gasteiger partial charge < -0.3 is 38.1 Å². The molecule has 0 aromatic carbocycles. The van der Waals surface area contributed by atoms with Crippen LogP contribution in [0, 0.1) is 0 Å². The van der Waals surface area contributed by atoms with E-state index in [0.717, 1.165) is 97.8 Å². The zero-order valence-corrected chi connectivity index (χ0v) is 15.0. The van der Waals surface area contributed by atoms with Crippen LogP contribution in [-0.2, 0) is 0 Å². The molecule has 0 atom stereocenters. The van der Waals surface area contributed by atoms with E-state index in [1.807, 2.05) is 0 Å². The number of hydrogen-bond donors (Lipinski definition) is 6. The highest BCUT2D eigenvalue weighted by atomic mass is 15.1. The molecule has 0 amide bonds. The largest absolute Gasteiger partial charge is 0.330 e. The zero-order chi connectivity index (χ0) is 17.0. The standard InChI is InChI=1S/C16H41N7/c17-5-1-8-20-10-4-15-23(14-3-7-19)16-13-22-12-11-21-9-2-6-18/h20-22H,1-19H2. The second-order valence-corrected chi connectivity index (χ2v) is 5.87. The summed E-state index contributed by atoms with van der Waals surface area (Å²) in [5.41, 5.74) is 16.6. The maximum Gasteiger partial charge on any atom is 0.0107 e. The van der Waals surface area contributed by atoms with Gasteiger partial charge in [-0.25, -0.2) is 0 Å². The first-order valence-corrected chi connectivity index (χ1v) is 9.29. The van der Waals surface area contributed by atoms with Crippen LogP contribution in [0.3, 0.4) is 0 Å². The van der Waals surface area contributed by atoms with E-state index in [4.69, 9.17) is 17.2 Å². The van der Waals surface area contributed by atoms with E-state index < -0.39 is 0 Å². The Bertz CT molecular complexity index is 217. The molecular formula is C16H41N7. The summed E-state index contributed by atoms with van der Waals surface area (Å²) in [7, 11) is 0. The van der Waals surface area contributed by atoms with Gasteiger partial charge in [-0.3, -0.25) is 0 Å². The fourth-order valence-electron chi connectivity index (χ4n) is 2.32. The molecule has 7 heteroatoms. The van der Waals surface area contributed by atoms with Crippen molar-refractivity contribution in [2.45, 2.75) is 25.7 Å². The number of nitrogens with zero attached hydrogens (tertiary/aromatic N) is 1. The lowest BCUT2D eigenvalue weighted by Gasteiger charge is -2.22. The van der Waals surface area contributed by atoms with Crippen molar-refractivity contribution in [3.63, 3.8) is 0 Å². The van der Waals surface area contributed by atoms with Gasteiger partial charge in [0, 0.05) is 26.2 Å². The molecule has 0 aliphatic carbocycles. The maximum atomic E-state index is 5.64. The lowest BCUT2D eigenvalue weighted by atomic mass is 10.3. The summed E-state index contributed by atoms with van der Waals surface area (Å²) < 4.78 is 0. The van der Waals surface area contributed by atoms with Gasteiger partial charge in [-0.1, -0.05) is 0 Å². The Balaban J connectivity index is 3.54. The quantitative estimate of drug-likeness (QED) is 0.159. The first kappa shape index (κ1) is 22.7. The second kappa shape index (κ2) is 19.8. The summed E-state index contributed by atoms with van der Waals surface area (Å²) in [5, 5.41) is 10.3. The van der Waals surface area contributed by atoms with Gasteiger partial charge in [-0.2, -0.15) is 0 Å². The van der Waals surface area contributed by atoms with E-state index in [1.54, 1.807) is 0 Å². The molecule has 0 aliphatic heterocycles. The molecule has 0 aromatic rings. The number of nitrogens with two attached hydrogens (primary N) is 3. The van der Waals surface area contributed by atoms with Crippen LogP contribution in [0.15, 0.2) is 0 Å². The molecule has 0 unspecified atom stereocenters. The Morgan fingerprint density at radius 1 is 0.478 bits per heavy atom. The normalized spacial score (nSPS) is 11.5. The summed E-state index contributed by atoms with van der Waals surface area (Å²) in [6.45, 7) is 11.8. The van der Waals surface area contributed by atoms with Gasteiger partial charge in [0.15, 0.2) is 0 Å². The summed E-state index contributed by atoms with van der Waals surface area (Å²) in [5.74, 6) is 0. The van der Waals surface area contributed by atoms with E-state index in [2.05, 4.69) is 20.9 Å². The van der Waals surface area contributed by atoms with Crippen LogP contribution in [0.5, 0.6) is 0 Å². The van der Waals surface area contributed by atoms with E-state index >= 15 is 0 Å². The van der Waals surface area contributed by atoms with Crippen molar-refractivity contribution < 1.29 is 0 Å². The molecule has 0 bridgehead atoms. The van der Waals surface area contributed by atoms with Crippen molar-refractivity contribution >= 4 is 0 Å². The average molecular weight is 332 g/mol. The van der Waals surface area contributed by atoms with E-state index in [-0.39, 0.29) is 0 Å². The van der Waals surface area contributed by atoms with Gasteiger partial charge in [0.1, 0.15) is 0 Å². The van der Waals surface area contributed by atoms with Crippen molar-refractivity contribution in [2.24, 2.45) is 17.2 Å². The minimum absolute atomic E-state index is 0.762. The molecule has 0 aliphatic rings. The Morgan fingerprint density at radius 3 is 1.57 bits per heavy atom. The summed E-state index contributed by atoms with van der Waals surface area (Å²) in [6.07, 6.45) is 4.35. The number of nitrogens with one attached hydrogen (secondary N) is 3. The SMILES string of the molecule is NCCCNCCCN(CCCN)CCNCCNCCCN. The lowest BCUT2D eigenvalue weighted by Crippen LogP contribution is -2.37. The molecule has 9 N–H and O–H groups in total. The summed E-state index contributed by atoms with van der Waals surface area (Å²) in [4.78, 5) is 2.51. The first-order valence-electron chi connectivity index (χ1n) is 9.29. The molecule has 7 nitrogen and oxygen atoms in total.